The van der Waals surface area contributed by atoms with E-state index in [1.807, 2.05) is 12.3 Å². The molecule has 4 aliphatic rings. The molecule has 128 valence electrons. The van der Waals surface area contributed by atoms with Crippen molar-refractivity contribution in [3.8, 4) is 0 Å². The number of nitrogens with one attached hydrogen (secondary N) is 2. The second-order valence-corrected chi connectivity index (χ2v) is 9.02. The minimum absolute atomic E-state index is 0.183. The first kappa shape index (κ1) is 14.7. The fourth-order valence-corrected chi connectivity index (χ4v) is 6.51. The lowest BCUT2D eigenvalue weighted by Crippen LogP contribution is -2.58. The maximum Gasteiger partial charge on any atom is 0.155 e. The Morgan fingerprint density at radius 3 is 2.92 bits per heavy atom. The predicted octanol–water partition coefficient (Wildman–Crippen LogP) is 3.87. The number of hydrogen-bond acceptors (Lipinski definition) is 3. The molecular weight excluding hydrogens is 298 g/mol. The number of ketones is 1. The number of fused-ring (bicyclic) bond motifs is 6. The molecule has 5 atom stereocenters. The number of anilines is 1. The fraction of sp³-hybridized carbons (Fsp3) is 0.700. The van der Waals surface area contributed by atoms with Gasteiger partial charge in [-0.15, -0.1) is 0 Å². The topological polar surface area (TPSA) is 57.8 Å². The molecule has 2 saturated carbocycles. The van der Waals surface area contributed by atoms with Gasteiger partial charge in [-0.2, -0.15) is 5.10 Å². The third-order valence-electron chi connectivity index (χ3n) is 7.92. The molecule has 2 heterocycles. The maximum absolute atomic E-state index is 11.9. The maximum atomic E-state index is 11.9. The highest BCUT2D eigenvalue weighted by atomic mass is 16.1. The molecule has 5 rings (SSSR count). The third-order valence-corrected chi connectivity index (χ3v) is 7.92. The zero-order valence-corrected chi connectivity index (χ0v) is 14.7. The molecule has 0 spiro atoms. The first-order chi connectivity index (χ1) is 11.5. The smallest absolute Gasteiger partial charge is 0.155 e. The number of aromatic amines is 1. The van der Waals surface area contributed by atoms with E-state index in [4.69, 9.17) is 0 Å². The molecule has 2 unspecified atom stereocenters. The van der Waals surface area contributed by atoms with Crippen molar-refractivity contribution >= 4 is 11.6 Å². The summed E-state index contributed by atoms with van der Waals surface area (Å²) in [4.78, 5) is 11.9. The van der Waals surface area contributed by atoms with Crippen LogP contribution in [0.15, 0.2) is 17.8 Å². The molecule has 0 saturated heterocycles. The van der Waals surface area contributed by atoms with Gasteiger partial charge in [0.15, 0.2) is 5.78 Å². The average molecular weight is 325 g/mol. The van der Waals surface area contributed by atoms with Crippen LogP contribution in [-0.4, -0.2) is 21.5 Å². The van der Waals surface area contributed by atoms with Crippen LogP contribution in [0.1, 0.15) is 57.9 Å². The van der Waals surface area contributed by atoms with E-state index < -0.39 is 0 Å². The number of aromatic nitrogens is 2. The summed E-state index contributed by atoms with van der Waals surface area (Å²) in [5, 5.41) is 11.2. The minimum Gasteiger partial charge on any atom is -0.365 e. The normalized spacial score (nSPS) is 43.7. The summed E-state index contributed by atoms with van der Waals surface area (Å²) in [6.07, 6.45) is 11.8. The second kappa shape index (κ2) is 4.74. The van der Waals surface area contributed by atoms with E-state index in [1.165, 1.54) is 30.4 Å². The number of rotatable bonds is 0. The van der Waals surface area contributed by atoms with Crippen LogP contribution in [0.3, 0.4) is 0 Å². The van der Waals surface area contributed by atoms with E-state index in [0.29, 0.717) is 11.7 Å². The van der Waals surface area contributed by atoms with Gasteiger partial charge in [0.2, 0.25) is 0 Å². The third kappa shape index (κ3) is 1.86. The van der Waals surface area contributed by atoms with Gasteiger partial charge in [0.05, 0.1) is 6.20 Å². The second-order valence-electron chi connectivity index (χ2n) is 9.02. The van der Waals surface area contributed by atoms with Crippen molar-refractivity contribution in [2.45, 2.75) is 64.3 Å². The highest BCUT2D eigenvalue weighted by Crippen LogP contribution is 2.61. The van der Waals surface area contributed by atoms with Crippen molar-refractivity contribution in [3.63, 3.8) is 0 Å². The van der Waals surface area contributed by atoms with Crippen LogP contribution in [-0.2, 0) is 11.2 Å². The number of hydrogen-bond donors (Lipinski definition) is 2. The molecule has 1 aromatic rings. The Hall–Kier alpha value is -1.58. The number of carbonyl (C=O) groups is 1. The molecule has 4 nitrogen and oxygen atoms in total. The summed E-state index contributed by atoms with van der Waals surface area (Å²) in [6.45, 7) is 4.86. The predicted molar refractivity (Wildman–Crippen MR) is 93.7 cm³/mol. The Bertz CT molecular complexity index is 735. The Kier molecular flexibility index (Phi) is 2.91. The molecule has 24 heavy (non-hydrogen) atoms. The summed E-state index contributed by atoms with van der Waals surface area (Å²) < 4.78 is 0. The van der Waals surface area contributed by atoms with Crippen molar-refractivity contribution in [2.75, 3.05) is 5.32 Å². The summed E-state index contributed by atoms with van der Waals surface area (Å²) >= 11 is 0. The summed E-state index contributed by atoms with van der Waals surface area (Å²) in [5.41, 5.74) is 3.25. The van der Waals surface area contributed by atoms with Gasteiger partial charge in [-0.25, -0.2) is 0 Å². The SMILES string of the molecule is C[C@]12CCC(=O)C=C1CC[C@@H]1C2CC[C@]2(C)Nc3[nH]ncc3CC12. The summed E-state index contributed by atoms with van der Waals surface area (Å²) in [6, 6.07) is 0. The van der Waals surface area contributed by atoms with Gasteiger partial charge in [-0.1, -0.05) is 12.5 Å². The molecule has 1 aliphatic heterocycles. The average Bonchev–Trinajstić information content (AvgIpc) is 2.99. The van der Waals surface area contributed by atoms with Crippen LogP contribution in [0.4, 0.5) is 5.82 Å². The molecule has 0 radical (unpaired) electrons. The van der Waals surface area contributed by atoms with Crippen LogP contribution in [0.5, 0.6) is 0 Å². The standard InChI is InChI=1S/C20H27N3O/c1-19-7-5-14(24)10-13(19)3-4-15-16(19)6-8-20(2)17(15)9-12-11-21-23-18(12)22-20/h10-11,15-17H,3-9H2,1-2H3,(H2,21,22,23)/t15-,16?,17?,19+,20+/m1/s1. The van der Waals surface area contributed by atoms with Crippen LogP contribution < -0.4 is 5.32 Å². The molecule has 2 fully saturated rings. The fourth-order valence-electron chi connectivity index (χ4n) is 6.51. The highest BCUT2D eigenvalue weighted by molar-refractivity contribution is 5.91. The molecule has 0 bridgehead atoms. The lowest BCUT2D eigenvalue weighted by molar-refractivity contribution is -0.117. The van der Waals surface area contributed by atoms with E-state index in [9.17, 15) is 4.79 Å². The van der Waals surface area contributed by atoms with Crippen LogP contribution in [0.2, 0.25) is 0 Å². The Morgan fingerprint density at radius 2 is 2.04 bits per heavy atom. The first-order valence-corrected chi connectivity index (χ1v) is 9.54. The van der Waals surface area contributed by atoms with Gasteiger partial charge in [0.25, 0.3) is 0 Å². The highest BCUT2D eigenvalue weighted by Gasteiger charge is 2.56. The Balaban J connectivity index is 1.52. The van der Waals surface area contributed by atoms with E-state index in [2.05, 4.69) is 29.4 Å². The molecular formula is C20H27N3O. The number of carbonyl (C=O) groups excluding carboxylic acids is 1. The Morgan fingerprint density at radius 1 is 1.17 bits per heavy atom. The lowest BCUT2D eigenvalue weighted by atomic mass is 9.47. The lowest BCUT2D eigenvalue weighted by Gasteiger charge is -2.60. The number of H-pyrrole nitrogens is 1. The van der Waals surface area contributed by atoms with Crippen molar-refractivity contribution in [1.29, 1.82) is 0 Å². The van der Waals surface area contributed by atoms with E-state index in [1.54, 1.807) is 0 Å². The number of nitrogens with zero attached hydrogens (tertiary/aromatic N) is 1. The van der Waals surface area contributed by atoms with Crippen molar-refractivity contribution < 1.29 is 4.79 Å². The molecule has 4 heteroatoms. The van der Waals surface area contributed by atoms with Crippen LogP contribution >= 0.6 is 0 Å². The van der Waals surface area contributed by atoms with Gasteiger partial charge in [-0.3, -0.25) is 9.89 Å². The number of allylic oxidation sites excluding steroid dienone is 2. The van der Waals surface area contributed by atoms with Gasteiger partial charge in [0, 0.05) is 17.5 Å². The summed E-state index contributed by atoms with van der Waals surface area (Å²) in [7, 11) is 0. The Labute approximate surface area is 143 Å². The monoisotopic (exact) mass is 325 g/mol. The molecule has 0 amide bonds. The van der Waals surface area contributed by atoms with Gasteiger partial charge in [0.1, 0.15) is 5.82 Å². The first-order valence-electron chi connectivity index (χ1n) is 9.54. The van der Waals surface area contributed by atoms with Crippen molar-refractivity contribution in [2.24, 2.45) is 23.2 Å². The molecule has 2 N–H and O–H groups in total. The van der Waals surface area contributed by atoms with Crippen LogP contribution in [0.25, 0.3) is 0 Å². The van der Waals surface area contributed by atoms with E-state index >= 15 is 0 Å². The van der Waals surface area contributed by atoms with Crippen molar-refractivity contribution in [1.82, 2.24) is 10.2 Å². The van der Waals surface area contributed by atoms with Gasteiger partial charge < -0.3 is 5.32 Å². The zero-order chi connectivity index (χ0) is 16.5. The molecule has 3 aliphatic carbocycles. The molecule has 0 aromatic carbocycles. The quantitative estimate of drug-likeness (QED) is 0.761. The van der Waals surface area contributed by atoms with Crippen LogP contribution in [0, 0.1) is 23.2 Å². The summed E-state index contributed by atoms with van der Waals surface area (Å²) in [5.74, 6) is 3.66. The minimum atomic E-state index is 0.183. The van der Waals surface area contributed by atoms with E-state index in [-0.39, 0.29) is 11.0 Å². The largest absolute Gasteiger partial charge is 0.365 e. The van der Waals surface area contributed by atoms with Gasteiger partial charge >= 0.3 is 0 Å². The van der Waals surface area contributed by atoms with E-state index in [0.717, 1.165) is 43.3 Å². The van der Waals surface area contributed by atoms with Gasteiger partial charge in [-0.05, 0) is 74.7 Å². The van der Waals surface area contributed by atoms with Crippen molar-refractivity contribution in [3.05, 3.63) is 23.4 Å². The molecule has 1 aromatic heterocycles. The zero-order valence-electron chi connectivity index (χ0n) is 14.7.